The van der Waals surface area contributed by atoms with Crippen molar-refractivity contribution >= 4 is 23.4 Å². The molecule has 1 saturated carbocycles. The first-order chi connectivity index (χ1) is 16.1. The molecule has 1 heterocycles. The topological polar surface area (TPSA) is 132 Å². The minimum Gasteiger partial charge on any atom is -0.467 e. The fraction of sp³-hybridized carbons (Fsp3) is 0.462. The lowest BCUT2D eigenvalue weighted by Gasteiger charge is -2.26. The molecule has 3 rings (SSSR count). The van der Waals surface area contributed by atoms with Crippen molar-refractivity contribution in [3.8, 4) is 0 Å². The van der Waals surface area contributed by atoms with Crippen molar-refractivity contribution in [3.63, 3.8) is 0 Å². The number of nitrogens with zero attached hydrogens (tertiary/aromatic N) is 2. The smallest absolute Gasteiger partial charge is 0.242 e. The number of primary amides is 1. The molecular formula is C26H37N5O3. The normalized spacial score (nSPS) is 20.9. The van der Waals surface area contributed by atoms with E-state index in [2.05, 4.69) is 46.9 Å². The third kappa shape index (κ3) is 8.17. The third-order valence-electron chi connectivity index (χ3n) is 5.57. The first kappa shape index (κ1) is 26.8. The number of hydrogen-bond donors (Lipinski definition) is 3. The first-order valence-electron chi connectivity index (χ1n) is 11.7. The Kier molecular flexibility index (Phi) is 10.0. The minimum atomic E-state index is -0.528. The van der Waals surface area contributed by atoms with E-state index in [1.54, 1.807) is 0 Å². The summed E-state index contributed by atoms with van der Waals surface area (Å²) in [4.78, 5) is 29.1. The zero-order valence-corrected chi connectivity index (χ0v) is 20.7. The molecule has 1 unspecified atom stereocenters. The van der Waals surface area contributed by atoms with Crippen molar-refractivity contribution in [1.82, 2.24) is 5.32 Å². The molecule has 34 heavy (non-hydrogen) atoms. The van der Waals surface area contributed by atoms with Crippen molar-refractivity contribution in [2.24, 2.45) is 21.5 Å². The Labute approximate surface area is 202 Å². The molecule has 1 aromatic carbocycles. The summed E-state index contributed by atoms with van der Waals surface area (Å²) in [6.07, 6.45) is 6.50. The lowest BCUT2D eigenvalue weighted by Crippen LogP contribution is -2.32. The summed E-state index contributed by atoms with van der Waals surface area (Å²) in [7, 11) is 0. The number of ether oxygens (including phenoxy) is 1. The molecule has 2 amide bonds. The summed E-state index contributed by atoms with van der Waals surface area (Å²) < 4.78 is 6.01. The van der Waals surface area contributed by atoms with E-state index in [0.717, 1.165) is 11.3 Å². The molecule has 2 aliphatic rings. The first-order valence-corrected chi connectivity index (χ1v) is 11.7. The Bertz CT molecular complexity index is 968. The van der Waals surface area contributed by atoms with Gasteiger partial charge in [0.25, 0.3) is 0 Å². The summed E-state index contributed by atoms with van der Waals surface area (Å²) >= 11 is 0. The molecule has 8 nitrogen and oxygen atoms in total. The number of aliphatic imine (C=N–C) groups is 2. The minimum absolute atomic E-state index is 0.0741. The van der Waals surface area contributed by atoms with Gasteiger partial charge in [0.15, 0.2) is 0 Å². The number of allylic oxidation sites excluding steroid dienone is 2. The fourth-order valence-electron chi connectivity index (χ4n) is 3.92. The van der Waals surface area contributed by atoms with E-state index in [0.29, 0.717) is 28.9 Å². The summed E-state index contributed by atoms with van der Waals surface area (Å²) in [6.45, 7) is 10.7. The van der Waals surface area contributed by atoms with Crippen LogP contribution in [0.25, 0.3) is 0 Å². The molecule has 0 radical (unpaired) electrons. The predicted octanol–water partition coefficient (Wildman–Crippen LogP) is 3.67. The van der Waals surface area contributed by atoms with Gasteiger partial charge in [-0.2, -0.15) is 0 Å². The Morgan fingerprint density at radius 2 is 1.74 bits per heavy atom. The molecular weight excluding hydrogens is 430 g/mol. The van der Waals surface area contributed by atoms with E-state index in [4.69, 9.17) is 15.5 Å². The quantitative estimate of drug-likeness (QED) is 0.609. The monoisotopic (exact) mass is 467 g/mol. The molecule has 1 fully saturated rings. The van der Waals surface area contributed by atoms with Crippen LogP contribution in [0.1, 0.15) is 76.8 Å². The van der Waals surface area contributed by atoms with Crippen LogP contribution >= 0.6 is 0 Å². The van der Waals surface area contributed by atoms with Crippen LogP contribution in [-0.4, -0.2) is 36.1 Å². The van der Waals surface area contributed by atoms with Crippen LogP contribution in [0.3, 0.4) is 0 Å². The van der Waals surface area contributed by atoms with Gasteiger partial charge in [-0.15, -0.1) is 0 Å². The maximum absolute atomic E-state index is 10.0. The second kappa shape index (κ2) is 12.7. The summed E-state index contributed by atoms with van der Waals surface area (Å²) in [5.41, 5.74) is 16.0. The predicted molar refractivity (Wildman–Crippen MR) is 136 cm³/mol. The molecule has 1 atom stereocenters. The second-order valence-corrected chi connectivity index (χ2v) is 8.77. The van der Waals surface area contributed by atoms with Crippen LogP contribution in [0.2, 0.25) is 0 Å². The summed E-state index contributed by atoms with van der Waals surface area (Å²) in [6, 6.07) is 8.81. The summed E-state index contributed by atoms with van der Waals surface area (Å²) in [5.74, 6) is 0.382. The van der Waals surface area contributed by atoms with Crippen LogP contribution in [-0.2, 0) is 14.3 Å². The maximum atomic E-state index is 10.0. The van der Waals surface area contributed by atoms with Crippen LogP contribution in [0, 0.1) is 0 Å². The van der Waals surface area contributed by atoms with Crippen LogP contribution in [0.15, 0.2) is 57.9 Å². The number of carbonyl (C=O) groups is 2. The van der Waals surface area contributed by atoms with Crippen molar-refractivity contribution in [2.45, 2.75) is 71.8 Å². The van der Waals surface area contributed by atoms with Gasteiger partial charge in [0.05, 0.1) is 12.3 Å². The van der Waals surface area contributed by atoms with E-state index in [1.165, 1.54) is 44.6 Å². The highest BCUT2D eigenvalue weighted by Crippen LogP contribution is 2.33. The molecule has 0 bridgehead atoms. The van der Waals surface area contributed by atoms with Gasteiger partial charge in [0.1, 0.15) is 11.8 Å². The molecule has 1 aromatic rings. The number of nitrogens with two attached hydrogens (primary N) is 2. The van der Waals surface area contributed by atoms with Gasteiger partial charge in [0.2, 0.25) is 17.7 Å². The van der Waals surface area contributed by atoms with Crippen molar-refractivity contribution in [2.75, 3.05) is 6.54 Å². The van der Waals surface area contributed by atoms with E-state index in [1.807, 2.05) is 20.8 Å². The zero-order chi connectivity index (χ0) is 25.3. The maximum Gasteiger partial charge on any atom is 0.242 e. The molecule has 0 saturated heterocycles. The summed E-state index contributed by atoms with van der Waals surface area (Å²) in [5, 5.41) is 2.23. The van der Waals surface area contributed by atoms with E-state index in [9.17, 15) is 9.59 Å². The zero-order valence-electron chi connectivity index (χ0n) is 20.7. The Hall–Kier alpha value is -3.42. The standard InChI is InChI=1S/C22H29N3O.C4H8N2O2/c1-14(2)24-22-20(15(3)23)25-21(16(4)26-22)19-12-10-18(11-13-19)17-8-6-5-7-9-17;1-3(7)6-2-4(5)8/h10-13,16-17H,1,5-9,23H2,2-4H3;2H2,1H3,(H2,5,8)(H,6,7)/b20-15-,24-22?;. The van der Waals surface area contributed by atoms with Gasteiger partial charge in [-0.1, -0.05) is 50.1 Å². The lowest BCUT2D eigenvalue weighted by molar-refractivity contribution is -0.123. The second-order valence-electron chi connectivity index (χ2n) is 8.77. The highest BCUT2D eigenvalue weighted by molar-refractivity contribution is 6.11. The number of benzene rings is 1. The Morgan fingerprint density at radius 3 is 2.21 bits per heavy atom. The van der Waals surface area contributed by atoms with Crippen molar-refractivity contribution in [3.05, 3.63) is 59.1 Å². The fourth-order valence-corrected chi connectivity index (χ4v) is 3.92. The molecule has 0 aromatic heterocycles. The average Bonchev–Trinajstić information content (AvgIpc) is 2.78. The van der Waals surface area contributed by atoms with Gasteiger partial charge in [0, 0.05) is 18.3 Å². The number of hydrogen-bond acceptors (Lipinski definition) is 6. The van der Waals surface area contributed by atoms with E-state index < -0.39 is 5.91 Å². The van der Waals surface area contributed by atoms with Crippen LogP contribution < -0.4 is 16.8 Å². The highest BCUT2D eigenvalue weighted by atomic mass is 16.5. The number of amides is 2. The molecule has 8 heteroatoms. The number of nitrogens with one attached hydrogen (secondary N) is 1. The lowest BCUT2D eigenvalue weighted by atomic mass is 9.83. The molecule has 1 aliphatic carbocycles. The number of carbonyl (C=O) groups excluding carboxylic acids is 2. The highest BCUT2D eigenvalue weighted by Gasteiger charge is 2.26. The largest absolute Gasteiger partial charge is 0.467 e. The Balaban J connectivity index is 0.000000440. The third-order valence-corrected chi connectivity index (χ3v) is 5.57. The average molecular weight is 468 g/mol. The van der Waals surface area contributed by atoms with Crippen molar-refractivity contribution in [1.29, 1.82) is 0 Å². The Morgan fingerprint density at radius 1 is 1.12 bits per heavy atom. The molecule has 0 spiro atoms. The molecule has 184 valence electrons. The van der Waals surface area contributed by atoms with Crippen molar-refractivity contribution < 1.29 is 14.3 Å². The SMILES string of the molecule is C=C(C)N=C1OC(C)C(c2ccc(C3CCCCC3)cc2)=N/C1=C(/C)N.CC(=O)NCC(N)=O. The van der Waals surface area contributed by atoms with Gasteiger partial charge in [-0.25, -0.2) is 9.98 Å². The van der Waals surface area contributed by atoms with E-state index >= 15 is 0 Å². The molecule has 1 aliphatic heterocycles. The van der Waals surface area contributed by atoms with Crippen LogP contribution in [0.4, 0.5) is 0 Å². The molecule has 5 N–H and O–H groups in total. The van der Waals surface area contributed by atoms with Crippen LogP contribution in [0.5, 0.6) is 0 Å². The van der Waals surface area contributed by atoms with Gasteiger partial charge in [-0.05, 0) is 50.7 Å². The number of rotatable bonds is 5. The van der Waals surface area contributed by atoms with Gasteiger partial charge >= 0.3 is 0 Å². The van der Waals surface area contributed by atoms with Gasteiger partial charge in [-0.3, -0.25) is 9.59 Å². The van der Waals surface area contributed by atoms with Gasteiger partial charge < -0.3 is 21.5 Å². The van der Waals surface area contributed by atoms with E-state index in [-0.39, 0.29) is 18.6 Å².